The summed E-state index contributed by atoms with van der Waals surface area (Å²) in [6.07, 6.45) is 0.719. The number of methoxy groups -OCH3 is 2. The standard InChI is InChI=1S/C15H24N2O3/c1-10(2)14(16)15(18)17-8-7-11-5-6-12(19-3)13(9-11)20-4/h5-6,9-10,14H,7-8,16H2,1-4H3,(H,17,18)/t14-/m1/s1. The van der Waals surface area contributed by atoms with Gasteiger partial charge in [0.2, 0.25) is 5.91 Å². The van der Waals surface area contributed by atoms with Gasteiger partial charge in [-0.3, -0.25) is 4.79 Å². The molecule has 0 aromatic heterocycles. The van der Waals surface area contributed by atoms with Crippen molar-refractivity contribution < 1.29 is 14.3 Å². The molecule has 0 unspecified atom stereocenters. The zero-order chi connectivity index (χ0) is 15.1. The van der Waals surface area contributed by atoms with Gasteiger partial charge in [0, 0.05) is 6.54 Å². The zero-order valence-electron chi connectivity index (χ0n) is 12.6. The van der Waals surface area contributed by atoms with Crippen LogP contribution in [0.25, 0.3) is 0 Å². The summed E-state index contributed by atoms with van der Waals surface area (Å²) in [4.78, 5) is 11.7. The highest BCUT2D eigenvalue weighted by Crippen LogP contribution is 2.27. The van der Waals surface area contributed by atoms with Crippen molar-refractivity contribution in [2.75, 3.05) is 20.8 Å². The molecule has 5 nitrogen and oxygen atoms in total. The largest absolute Gasteiger partial charge is 0.493 e. The summed E-state index contributed by atoms with van der Waals surface area (Å²) >= 11 is 0. The third-order valence-electron chi connectivity index (χ3n) is 3.18. The fourth-order valence-electron chi connectivity index (χ4n) is 1.79. The molecule has 3 N–H and O–H groups in total. The number of hydrogen-bond donors (Lipinski definition) is 2. The van der Waals surface area contributed by atoms with Crippen LogP contribution in [-0.4, -0.2) is 32.7 Å². The van der Waals surface area contributed by atoms with Crippen molar-refractivity contribution in [3.05, 3.63) is 23.8 Å². The Balaban J connectivity index is 2.52. The molecule has 0 bridgehead atoms. The van der Waals surface area contributed by atoms with Crippen LogP contribution in [0.2, 0.25) is 0 Å². The van der Waals surface area contributed by atoms with Crippen LogP contribution in [0.15, 0.2) is 18.2 Å². The van der Waals surface area contributed by atoms with Crippen molar-refractivity contribution in [3.63, 3.8) is 0 Å². The molecule has 0 aliphatic rings. The number of hydrogen-bond acceptors (Lipinski definition) is 4. The van der Waals surface area contributed by atoms with E-state index in [1.165, 1.54) is 0 Å². The first-order chi connectivity index (χ1) is 9.49. The second-order valence-corrected chi connectivity index (χ2v) is 5.00. The molecule has 1 atom stereocenters. The van der Waals surface area contributed by atoms with Gasteiger partial charge in [-0.25, -0.2) is 0 Å². The van der Waals surface area contributed by atoms with Gasteiger partial charge < -0.3 is 20.5 Å². The summed E-state index contributed by atoms with van der Waals surface area (Å²) in [5.74, 6) is 1.41. The van der Waals surface area contributed by atoms with Gasteiger partial charge in [0.15, 0.2) is 11.5 Å². The fourth-order valence-corrected chi connectivity index (χ4v) is 1.79. The predicted octanol–water partition coefficient (Wildman–Crippen LogP) is 1.35. The van der Waals surface area contributed by atoms with E-state index >= 15 is 0 Å². The van der Waals surface area contributed by atoms with Crippen LogP contribution in [0.1, 0.15) is 19.4 Å². The number of nitrogens with one attached hydrogen (secondary N) is 1. The van der Waals surface area contributed by atoms with Crippen LogP contribution < -0.4 is 20.5 Å². The first-order valence-electron chi connectivity index (χ1n) is 6.73. The van der Waals surface area contributed by atoms with E-state index < -0.39 is 6.04 Å². The Morgan fingerprint density at radius 2 is 1.90 bits per heavy atom. The highest BCUT2D eigenvalue weighted by Gasteiger charge is 2.16. The van der Waals surface area contributed by atoms with Gasteiger partial charge in [-0.2, -0.15) is 0 Å². The lowest BCUT2D eigenvalue weighted by Crippen LogP contribution is -2.44. The molecular formula is C15H24N2O3. The second kappa shape index (κ2) is 7.75. The molecular weight excluding hydrogens is 256 g/mol. The smallest absolute Gasteiger partial charge is 0.237 e. The summed E-state index contributed by atoms with van der Waals surface area (Å²) in [5, 5.41) is 2.84. The van der Waals surface area contributed by atoms with Gasteiger partial charge in [-0.05, 0) is 30.0 Å². The minimum atomic E-state index is -0.458. The summed E-state index contributed by atoms with van der Waals surface area (Å²) in [6, 6.07) is 5.26. The number of carbonyl (C=O) groups is 1. The SMILES string of the molecule is COc1ccc(CCNC(=O)[C@H](N)C(C)C)cc1OC. The lowest BCUT2D eigenvalue weighted by Gasteiger charge is -2.15. The van der Waals surface area contributed by atoms with Crippen LogP contribution in [-0.2, 0) is 11.2 Å². The van der Waals surface area contributed by atoms with E-state index in [0.29, 0.717) is 18.0 Å². The molecule has 112 valence electrons. The predicted molar refractivity (Wildman–Crippen MR) is 79.1 cm³/mol. The molecule has 20 heavy (non-hydrogen) atoms. The third-order valence-corrected chi connectivity index (χ3v) is 3.18. The van der Waals surface area contributed by atoms with Crippen LogP contribution >= 0.6 is 0 Å². The van der Waals surface area contributed by atoms with E-state index in [2.05, 4.69) is 5.32 Å². The Kier molecular flexibility index (Phi) is 6.31. The van der Waals surface area contributed by atoms with E-state index in [-0.39, 0.29) is 11.8 Å². The molecule has 0 heterocycles. The van der Waals surface area contributed by atoms with Gasteiger partial charge in [0.25, 0.3) is 0 Å². The molecule has 1 aromatic carbocycles. The molecule has 1 rings (SSSR count). The van der Waals surface area contributed by atoms with E-state index in [1.807, 2.05) is 32.0 Å². The van der Waals surface area contributed by atoms with Crippen molar-refractivity contribution in [3.8, 4) is 11.5 Å². The summed E-state index contributed by atoms with van der Waals surface area (Å²) in [6.45, 7) is 4.41. The van der Waals surface area contributed by atoms with Crippen molar-refractivity contribution >= 4 is 5.91 Å². The van der Waals surface area contributed by atoms with E-state index in [9.17, 15) is 4.79 Å². The van der Waals surface area contributed by atoms with Crippen molar-refractivity contribution in [2.24, 2.45) is 11.7 Å². The second-order valence-electron chi connectivity index (χ2n) is 5.00. The number of carbonyl (C=O) groups excluding carboxylic acids is 1. The minimum absolute atomic E-state index is 0.111. The van der Waals surface area contributed by atoms with Crippen LogP contribution in [0, 0.1) is 5.92 Å². The fraction of sp³-hybridized carbons (Fsp3) is 0.533. The minimum Gasteiger partial charge on any atom is -0.493 e. The average Bonchev–Trinajstić information content (AvgIpc) is 2.45. The van der Waals surface area contributed by atoms with Gasteiger partial charge >= 0.3 is 0 Å². The first kappa shape index (κ1) is 16.3. The summed E-state index contributed by atoms with van der Waals surface area (Å²) in [5.41, 5.74) is 6.84. The van der Waals surface area contributed by atoms with Crippen LogP contribution in [0.4, 0.5) is 0 Å². The van der Waals surface area contributed by atoms with Crippen molar-refractivity contribution in [2.45, 2.75) is 26.3 Å². The van der Waals surface area contributed by atoms with Gasteiger partial charge in [-0.1, -0.05) is 19.9 Å². The van der Waals surface area contributed by atoms with E-state index in [1.54, 1.807) is 14.2 Å². The monoisotopic (exact) mass is 280 g/mol. The number of benzene rings is 1. The Hall–Kier alpha value is -1.75. The maximum absolute atomic E-state index is 11.7. The molecule has 0 fully saturated rings. The normalized spacial score (nSPS) is 12.1. The van der Waals surface area contributed by atoms with Crippen molar-refractivity contribution in [1.29, 1.82) is 0 Å². The number of nitrogens with two attached hydrogens (primary N) is 1. The first-order valence-corrected chi connectivity index (χ1v) is 6.73. The molecule has 5 heteroatoms. The number of rotatable bonds is 7. The molecule has 0 aliphatic carbocycles. The maximum atomic E-state index is 11.7. The molecule has 0 saturated carbocycles. The molecule has 0 radical (unpaired) electrons. The Bertz CT molecular complexity index is 447. The Morgan fingerprint density at radius 3 is 2.45 bits per heavy atom. The maximum Gasteiger partial charge on any atom is 0.237 e. The molecule has 0 saturated heterocycles. The molecule has 0 spiro atoms. The zero-order valence-corrected chi connectivity index (χ0v) is 12.6. The Labute approximate surface area is 120 Å². The third kappa shape index (κ3) is 4.42. The van der Waals surface area contributed by atoms with Crippen LogP contribution in [0.5, 0.6) is 11.5 Å². The average molecular weight is 280 g/mol. The van der Waals surface area contributed by atoms with Crippen LogP contribution in [0.3, 0.4) is 0 Å². The Morgan fingerprint density at radius 1 is 1.25 bits per heavy atom. The molecule has 1 aromatic rings. The highest BCUT2D eigenvalue weighted by molar-refractivity contribution is 5.81. The lowest BCUT2D eigenvalue weighted by atomic mass is 10.0. The topological polar surface area (TPSA) is 73.6 Å². The van der Waals surface area contributed by atoms with Crippen molar-refractivity contribution in [1.82, 2.24) is 5.32 Å². The number of ether oxygens (including phenoxy) is 2. The van der Waals surface area contributed by atoms with Gasteiger partial charge in [0.05, 0.1) is 20.3 Å². The lowest BCUT2D eigenvalue weighted by molar-refractivity contribution is -0.123. The van der Waals surface area contributed by atoms with Gasteiger partial charge in [-0.15, -0.1) is 0 Å². The number of amides is 1. The summed E-state index contributed by atoms with van der Waals surface area (Å²) < 4.78 is 10.4. The highest BCUT2D eigenvalue weighted by atomic mass is 16.5. The summed E-state index contributed by atoms with van der Waals surface area (Å²) in [7, 11) is 3.20. The molecule has 0 aliphatic heterocycles. The van der Waals surface area contributed by atoms with E-state index in [0.717, 1.165) is 12.0 Å². The molecule has 1 amide bonds. The quantitative estimate of drug-likeness (QED) is 0.790. The van der Waals surface area contributed by atoms with Gasteiger partial charge in [0.1, 0.15) is 0 Å². The van der Waals surface area contributed by atoms with E-state index in [4.69, 9.17) is 15.2 Å².